The van der Waals surface area contributed by atoms with E-state index in [1.54, 1.807) is 0 Å². The molecule has 1 heterocycles. The molecule has 118 valence electrons. The molecule has 1 aliphatic heterocycles. The van der Waals surface area contributed by atoms with Crippen LogP contribution in [0.15, 0.2) is 30.3 Å². The molecule has 2 rings (SSSR count). The smallest absolute Gasteiger partial charge is 0.0476 e. The Morgan fingerprint density at radius 2 is 1.86 bits per heavy atom. The van der Waals surface area contributed by atoms with Crippen LogP contribution < -0.4 is 5.32 Å². The molecule has 0 radical (unpaired) electrons. The standard InChI is InChI=1S/C19H32N2/c1-15(2)9-8-10-17(4)21-14-16(3)20-13-19(21)18-11-6-5-7-12-18/h5-7,11-12,15-17,19-20H,8-10,13-14H2,1-4H3. The van der Waals surface area contributed by atoms with Crippen LogP contribution in [-0.2, 0) is 0 Å². The van der Waals surface area contributed by atoms with Crippen LogP contribution in [0.1, 0.15) is 58.6 Å². The van der Waals surface area contributed by atoms with Crippen LogP contribution in [0.3, 0.4) is 0 Å². The molecule has 1 N–H and O–H groups in total. The van der Waals surface area contributed by atoms with Crippen LogP contribution in [0.4, 0.5) is 0 Å². The van der Waals surface area contributed by atoms with E-state index in [9.17, 15) is 0 Å². The molecule has 0 spiro atoms. The van der Waals surface area contributed by atoms with E-state index in [-0.39, 0.29) is 0 Å². The van der Waals surface area contributed by atoms with Gasteiger partial charge in [-0.1, -0.05) is 57.0 Å². The van der Waals surface area contributed by atoms with Crippen LogP contribution in [-0.4, -0.2) is 30.1 Å². The summed E-state index contributed by atoms with van der Waals surface area (Å²) in [4.78, 5) is 2.72. The molecule has 3 atom stereocenters. The van der Waals surface area contributed by atoms with Crippen LogP contribution >= 0.6 is 0 Å². The topological polar surface area (TPSA) is 15.3 Å². The van der Waals surface area contributed by atoms with Gasteiger partial charge >= 0.3 is 0 Å². The van der Waals surface area contributed by atoms with Crippen molar-refractivity contribution in [2.75, 3.05) is 13.1 Å². The number of hydrogen-bond donors (Lipinski definition) is 1. The second-order valence-electron chi connectivity index (χ2n) is 7.11. The molecule has 1 aromatic carbocycles. The van der Waals surface area contributed by atoms with Gasteiger partial charge in [0.25, 0.3) is 0 Å². The zero-order chi connectivity index (χ0) is 15.2. The van der Waals surface area contributed by atoms with E-state index in [0.29, 0.717) is 18.1 Å². The lowest BCUT2D eigenvalue weighted by molar-refractivity contribution is 0.0867. The molecule has 1 aromatic rings. The molecule has 1 fully saturated rings. The Hall–Kier alpha value is -0.860. The number of nitrogens with zero attached hydrogens (tertiary/aromatic N) is 1. The van der Waals surface area contributed by atoms with E-state index in [0.717, 1.165) is 19.0 Å². The third kappa shape index (κ3) is 4.82. The lowest BCUT2D eigenvalue weighted by Gasteiger charge is -2.43. The summed E-state index contributed by atoms with van der Waals surface area (Å²) in [7, 11) is 0. The van der Waals surface area contributed by atoms with Gasteiger partial charge in [0, 0.05) is 31.2 Å². The second kappa shape index (κ2) is 7.95. The molecule has 2 heteroatoms. The molecule has 1 saturated heterocycles. The van der Waals surface area contributed by atoms with Crippen molar-refractivity contribution in [3.8, 4) is 0 Å². The number of rotatable bonds is 6. The fourth-order valence-electron chi connectivity index (χ4n) is 3.40. The fraction of sp³-hybridized carbons (Fsp3) is 0.684. The predicted molar refractivity (Wildman–Crippen MR) is 91.5 cm³/mol. The Bertz CT molecular complexity index is 401. The Morgan fingerprint density at radius 3 is 2.52 bits per heavy atom. The van der Waals surface area contributed by atoms with Gasteiger partial charge in [-0.25, -0.2) is 0 Å². The minimum Gasteiger partial charge on any atom is -0.311 e. The first kappa shape index (κ1) is 16.5. The molecule has 0 bridgehead atoms. The van der Waals surface area contributed by atoms with Crippen LogP contribution in [0.25, 0.3) is 0 Å². The van der Waals surface area contributed by atoms with Crippen LogP contribution in [0.2, 0.25) is 0 Å². The van der Waals surface area contributed by atoms with E-state index in [1.165, 1.54) is 24.8 Å². The third-order valence-corrected chi connectivity index (χ3v) is 4.70. The van der Waals surface area contributed by atoms with Crippen LogP contribution in [0, 0.1) is 5.92 Å². The van der Waals surface area contributed by atoms with Crippen molar-refractivity contribution in [2.45, 2.75) is 65.1 Å². The highest BCUT2D eigenvalue weighted by Crippen LogP contribution is 2.27. The fourth-order valence-corrected chi connectivity index (χ4v) is 3.40. The Morgan fingerprint density at radius 1 is 1.14 bits per heavy atom. The molecule has 0 aromatic heterocycles. The van der Waals surface area contributed by atoms with E-state index in [2.05, 4.69) is 68.2 Å². The van der Waals surface area contributed by atoms with Gasteiger partial charge in [-0.3, -0.25) is 4.90 Å². The Balaban J connectivity index is 2.01. The van der Waals surface area contributed by atoms with Crippen molar-refractivity contribution in [3.05, 3.63) is 35.9 Å². The number of piperazine rings is 1. The van der Waals surface area contributed by atoms with Gasteiger partial charge < -0.3 is 5.32 Å². The van der Waals surface area contributed by atoms with Gasteiger partial charge in [-0.2, -0.15) is 0 Å². The van der Waals surface area contributed by atoms with Crippen molar-refractivity contribution < 1.29 is 0 Å². The molecule has 2 nitrogen and oxygen atoms in total. The maximum absolute atomic E-state index is 3.65. The molecular weight excluding hydrogens is 256 g/mol. The average Bonchev–Trinajstić information content (AvgIpc) is 2.47. The maximum Gasteiger partial charge on any atom is 0.0476 e. The summed E-state index contributed by atoms with van der Waals surface area (Å²) in [5.41, 5.74) is 1.45. The molecule has 0 amide bonds. The van der Waals surface area contributed by atoms with Crippen molar-refractivity contribution in [1.82, 2.24) is 10.2 Å². The zero-order valence-electron chi connectivity index (χ0n) is 14.2. The first-order chi connectivity index (χ1) is 10.1. The summed E-state index contributed by atoms with van der Waals surface area (Å²) in [6.07, 6.45) is 4.01. The van der Waals surface area contributed by atoms with E-state index in [4.69, 9.17) is 0 Å². The van der Waals surface area contributed by atoms with E-state index < -0.39 is 0 Å². The summed E-state index contributed by atoms with van der Waals surface area (Å²) in [6.45, 7) is 11.6. The van der Waals surface area contributed by atoms with Gasteiger partial charge in [-0.15, -0.1) is 0 Å². The van der Waals surface area contributed by atoms with Gasteiger partial charge in [0.2, 0.25) is 0 Å². The average molecular weight is 288 g/mol. The molecule has 3 unspecified atom stereocenters. The Labute approximate surface area is 130 Å². The summed E-state index contributed by atoms with van der Waals surface area (Å²) in [5, 5.41) is 3.65. The normalized spacial score (nSPS) is 25.2. The molecule has 0 aliphatic carbocycles. The zero-order valence-corrected chi connectivity index (χ0v) is 14.2. The SMILES string of the molecule is CC(C)CCCC(C)N1CC(C)NCC1c1ccccc1. The maximum atomic E-state index is 3.65. The van der Waals surface area contributed by atoms with Gasteiger partial charge in [0.15, 0.2) is 0 Å². The number of benzene rings is 1. The Kier molecular flexibility index (Phi) is 6.25. The lowest BCUT2D eigenvalue weighted by Crippen LogP contribution is -2.53. The summed E-state index contributed by atoms with van der Waals surface area (Å²) < 4.78 is 0. The summed E-state index contributed by atoms with van der Waals surface area (Å²) in [5.74, 6) is 0.823. The third-order valence-electron chi connectivity index (χ3n) is 4.70. The van der Waals surface area contributed by atoms with Crippen molar-refractivity contribution in [2.24, 2.45) is 5.92 Å². The van der Waals surface area contributed by atoms with E-state index >= 15 is 0 Å². The van der Waals surface area contributed by atoms with Gasteiger partial charge in [0.05, 0.1) is 0 Å². The highest BCUT2D eigenvalue weighted by Gasteiger charge is 2.29. The minimum absolute atomic E-state index is 0.524. The monoisotopic (exact) mass is 288 g/mol. The minimum atomic E-state index is 0.524. The van der Waals surface area contributed by atoms with Gasteiger partial charge in [0.1, 0.15) is 0 Å². The molecule has 1 aliphatic rings. The first-order valence-corrected chi connectivity index (χ1v) is 8.62. The summed E-state index contributed by atoms with van der Waals surface area (Å²) in [6, 6.07) is 12.8. The van der Waals surface area contributed by atoms with Crippen molar-refractivity contribution in [3.63, 3.8) is 0 Å². The summed E-state index contributed by atoms with van der Waals surface area (Å²) >= 11 is 0. The van der Waals surface area contributed by atoms with Crippen LogP contribution in [0.5, 0.6) is 0 Å². The lowest BCUT2D eigenvalue weighted by atomic mass is 9.96. The number of hydrogen-bond acceptors (Lipinski definition) is 2. The van der Waals surface area contributed by atoms with Crippen molar-refractivity contribution >= 4 is 0 Å². The predicted octanol–water partition coefficient (Wildman–Crippen LogP) is 4.24. The quantitative estimate of drug-likeness (QED) is 0.842. The highest BCUT2D eigenvalue weighted by atomic mass is 15.2. The number of nitrogens with one attached hydrogen (secondary N) is 1. The van der Waals surface area contributed by atoms with Crippen molar-refractivity contribution in [1.29, 1.82) is 0 Å². The second-order valence-corrected chi connectivity index (χ2v) is 7.11. The van der Waals surface area contributed by atoms with Gasteiger partial charge in [-0.05, 0) is 31.7 Å². The van der Waals surface area contributed by atoms with E-state index in [1.807, 2.05) is 0 Å². The highest BCUT2D eigenvalue weighted by molar-refractivity contribution is 5.20. The molecule has 0 saturated carbocycles. The first-order valence-electron chi connectivity index (χ1n) is 8.62. The molecular formula is C19H32N2. The largest absolute Gasteiger partial charge is 0.311 e. The molecule has 21 heavy (non-hydrogen) atoms.